The Morgan fingerprint density at radius 1 is 1.37 bits per heavy atom. The van der Waals surface area contributed by atoms with Crippen LogP contribution < -0.4 is 11.3 Å². The molecular formula is C13H16F4N2. The highest BCUT2D eigenvalue weighted by Gasteiger charge is 2.43. The van der Waals surface area contributed by atoms with Crippen molar-refractivity contribution in [1.29, 1.82) is 0 Å². The lowest BCUT2D eigenvalue weighted by Gasteiger charge is -2.24. The fourth-order valence-electron chi connectivity index (χ4n) is 2.69. The van der Waals surface area contributed by atoms with Crippen LogP contribution >= 0.6 is 0 Å². The monoisotopic (exact) mass is 276 g/mol. The Bertz CT molecular complexity index is 476. The van der Waals surface area contributed by atoms with Gasteiger partial charge in [0.15, 0.2) is 0 Å². The Kier molecular flexibility index (Phi) is 3.82. The van der Waals surface area contributed by atoms with E-state index in [1.54, 1.807) is 0 Å². The molecule has 2 atom stereocenters. The van der Waals surface area contributed by atoms with Crippen molar-refractivity contribution < 1.29 is 17.6 Å². The number of nitrogens with two attached hydrogens (primary N) is 1. The van der Waals surface area contributed by atoms with Crippen LogP contribution in [0.3, 0.4) is 0 Å². The zero-order valence-corrected chi connectivity index (χ0v) is 10.5. The van der Waals surface area contributed by atoms with Gasteiger partial charge in [0.1, 0.15) is 11.6 Å². The summed E-state index contributed by atoms with van der Waals surface area (Å²) in [7, 11) is 0. The van der Waals surface area contributed by atoms with Gasteiger partial charge in [-0.05, 0) is 30.9 Å². The molecule has 2 rings (SSSR count). The van der Waals surface area contributed by atoms with Gasteiger partial charge in [-0.3, -0.25) is 11.3 Å². The van der Waals surface area contributed by atoms with E-state index in [2.05, 4.69) is 5.43 Å². The number of nitrogens with one attached hydrogen (secondary N) is 1. The molecule has 1 aliphatic carbocycles. The van der Waals surface area contributed by atoms with E-state index in [-0.39, 0.29) is 24.0 Å². The number of hydrogen-bond acceptors (Lipinski definition) is 2. The zero-order chi connectivity index (χ0) is 14.2. The molecule has 0 aliphatic heterocycles. The fourth-order valence-corrected chi connectivity index (χ4v) is 2.69. The van der Waals surface area contributed by atoms with E-state index in [0.717, 1.165) is 6.07 Å². The first-order valence-electron chi connectivity index (χ1n) is 6.14. The molecule has 1 aliphatic rings. The van der Waals surface area contributed by atoms with E-state index >= 15 is 0 Å². The van der Waals surface area contributed by atoms with Gasteiger partial charge in [-0.1, -0.05) is 6.07 Å². The van der Waals surface area contributed by atoms with E-state index in [9.17, 15) is 17.6 Å². The molecule has 1 saturated carbocycles. The van der Waals surface area contributed by atoms with Gasteiger partial charge in [-0.15, -0.1) is 0 Å². The number of benzene rings is 1. The second-order valence-electron chi connectivity index (χ2n) is 5.10. The summed E-state index contributed by atoms with van der Waals surface area (Å²) in [6.07, 6.45) is -0.492. The van der Waals surface area contributed by atoms with Gasteiger partial charge < -0.3 is 0 Å². The maximum absolute atomic E-state index is 14.0. The smallest absolute Gasteiger partial charge is 0.248 e. The second-order valence-corrected chi connectivity index (χ2v) is 5.10. The highest BCUT2D eigenvalue weighted by atomic mass is 19.3. The molecule has 0 heterocycles. The Hall–Kier alpha value is -1.14. The summed E-state index contributed by atoms with van der Waals surface area (Å²) in [5.41, 5.74) is 2.31. The SMILES string of the molecule is Cc1ccc(F)c(C(NN)C2CCC(F)(F)C2)c1F. The minimum atomic E-state index is -2.78. The van der Waals surface area contributed by atoms with Gasteiger partial charge in [0.05, 0.1) is 6.04 Å². The lowest BCUT2D eigenvalue weighted by Crippen LogP contribution is -2.34. The van der Waals surface area contributed by atoms with Crippen molar-refractivity contribution in [2.24, 2.45) is 11.8 Å². The molecule has 6 heteroatoms. The molecule has 0 aromatic heterocycles. The van der Waals surface area contributed by atoms with E-state index in [1.807, 2.05) is 0 Å². The predicted molar refractivity (Wildman–Crippen MR) is 63.4 cm³/mol. The van der Waals surface area contributed by atoms with E-state index < -0.39 is 35.9 Å². The molecule has 1 aromatic rings. The van der Waals surface area contributed by atoms with Crippen LogP contribution in [-0.2, 0) is 0 Å². The van der Waals surface area contributed by atoms with Crippen molar-refractivity contribution in [3.63, 3.8) is 0 Å². The minimum Gasteiger partial charge on any atom is -0.271 e. The summed E-state index contributed by atoms with van der Waals surface area (Å²) in [5.74, 6) is 0.487. The molecule has 0 radical (unpaired) electrons. The Labute approximate surface area is 109 Å². The topological polar surface area (TPSA) is 38.0 Å². The third kappa shape index (κ3) is 2.74. The number of halogens is 4. The van der Waals surface area contributed by atoms with Crippen LogP contribution in [0.25, 0.3) is 0 Å². The number of alkyl halides is 2. The zero-order valence-electron chi connectivity index (χ0n) is 10.5. The maximum atomic E-state index is 14.0. The fraction of sp³-hybridized carbons (Fsp3) is 0.538. The largest absolute Gasteiger partial charge is 0.271 e. The van der Waals surface area contributed by atoms with Crippen LogP contribution in [0.5, 0.6) is 0 Å². The third-order valence-electron chi connectivity index (χ3n) is 3.72. The van der Waals surface area contributed by atoms with Gasteiger partial charge in [-0.2, -0.15) is 0 Å². The van der Waals surface area contributed by atoms with Gasteiger partial charge in [0.2, 0.25) is 5.92 Å². The first-order valence-corrected chi connectivity index (χ1v) is 6.14. The van der Waals surface area contributed by atoms with E-state index in [4.69, 9.17) is 5.84 Å². The van der Waals surface area contributed by atoms with Gasteiger partial charge in [-0.25, -0.2) is 17.6 Å². The van der Waals surface area contributed by atoms with Crippen LogP contribution in [0.2, 0.25) is 0 Å². The van der Waals surface area contributed by atoms with Crippen LogP contribution in [-0.4, -0.2) is 5.92 Å². The van der Waals surface area contributed by atoms with Crippen molar-refractivity contribution in [2.45, 2.75) is 38.2 Å². The second kappa shape index (κ2) is 5.09. The van der Waals surface area contributed by atoms with Crippen LogP contribution in [0.15, 0.2) is 12.1 Å². The lowest BCUT2D eigenvalue weighted by atomic mass is 9.90. The molecule has 0 spiro atoms. The number of aryl methyl sites for hydroxylation is 1. The first kappa shape index (κ1) is 14.3. The molecule has 0 saturated heterocycles. The summed E-state index contributed by atoms with van der Waals surface area (Å²) < 4.78 is 54.3. The predicted octanol–water partition coefficient (Wildman–Crippen LogP) is 3.21. The highest BCUT2D eigenvalue weighted by Crippen LogP contribution is 2.45. The molecule has 0 bridgehead atoms. The van der Waals surface area contributed by atoms with E-state index in [1.165, 1.54) is 13.0 Å². The number of hydrogen-bond donors (Lipinski definition) is 2. The standard InChI is InChI=1S/C13H16F4N2/c1-7-2-3-9(14)10(11(7)15)12(19-18)8-4-5-13(16,17)6-8/h2-3,8,12,19H,4-6,18H2,1H3. The molecule has 1 aromatic carbocycles. The van der Waals surface area contributed by atoms with Crippen molar-refractivity contribution >= 4 is 0 Å². The molecule has 2 nitrogen and oxygen atoms in total. The molecule has 106 valence electrons. The molecule has 3 N–H and O–H groups in total. The first-order chi connectivity index (χ1) is 8.85. The number of rotatable bonds is 3. The van der Waals surface area contributed by atoms with Crippen molar-refractivity contribution in [1.82, 2.24) is 5.43 Å². The van der Waals surface area contributed by atoms with Gasteiger partial charge >= 0.3 is 0 Å². The number of hydrazine groups is 1. The highest BCUT2D eigenvalue weighted by molar-refractivity contribution is 5.30. The minimum absolute atomic E-state index is 0.189. The van der Waals surface area contributed by atoms with Crippen molar-refractivity contribution in [3.05, 3.63) is 34.9 Å². The van der Waals surface area contributed by atoms with Gasteiger partial charge in [0, 0.05) is 18.4 Å². The van der Waals surface area contributed by atoms with Crippen LogP contribution in [0.4, 0.5) is 17.6 Å². The molecule has 1 fully saturated rings. The summed E-state index contributed by atoms with van der Waals surface area (Å²) in [6.45, 7) is 1.50. The maximum Gasteiger partial charge on any atom is 0.248 e. The average Bonchev–Trinajstić information content (AvgIpc) is 2.70. The molecule has 2 unspecified atom stereocenters. The van der Waals surface area contributed by atoms with Crippen LogP contribution in [0.1, 0.15) is 36.4 Å². The Morgan fingerprint density at radius 3 is 2.58 bits per heavy atom. The average molecular weight is 276 g/mol. The van der Waals surface area contributed by atoms with Crippen molar-refractivity contribution in [2.75, 3.05) is 0 Å². The quantitative estimate of drug-likeness (QED) is 0.505. The Morgan fingerprint density at radius 2 is 2.05 bits per heavy atom. The summed E-state index contributed by atoms with van der Waals surface area (Å²) in [5, 5.41) is 0. The normalized spacial score (nSPS) is 23.6. The van der Waals surface area contributed by atoms with Crippen LogP contribution in [0, 0.1) is 24.5 Å². The Balaban J connectivity index is 2.36. The molecule has 0 amide bonds. The molecule has 19 heavy (non-hydrogen) atoms. The van der Waals surface area contributed by atoms with Crippen molar-refractivity contribution in [3.8, 4) is 0 Å². The van der Waals surface area contributed by atoms with E-state index in [0.29, 0.717) is 0 Å². The summed E-state index contributed by atoms with van der Waals surface area (Å²) in [4.78, 5) is 0. The summed E-state index contributed by atoms with van der Waals surface area (Å²) in [6, 6.07) is 1.50. The lowest BCUT2D eigenvalue weighted by molar-refractivity contribution is 0.00312. The summed E-state index contributed by atoms with van der Waals surface area (Å²) >= 11 is 0. The third-order valence-corrected chi connectivity index (χ3v) is 3.72. The van der Waals surface area contributed by atoms with Gasteiger partial charge in [0.25, 0.3) is 0 Å². The molecular weight excluding hydrogens is 260 g/mol.